The predicted molar refractivity (Wildman–Crippen MR) is 155 cm³/mol. The molecule has 4 aromatic carbocycles. The van der Waals surface area contributed by atoms with Gasteiger partial charge in [0, 0.05) is 29.9 Å². The Labute approximate surface area is 241 Å². The second kappa shape index (κ2) is 12.0. The van der Waals surface area contributed by atoms with Crippen molar-refractivity contribution in [2.45, 2.75) is 38.7 Å². The standard InChI is InChI=1S/C33H30F3N3O3/c1-21(24-6-4-8-27(19-24)42-33(34,35)36)38-32(41)26-15-16-30-25(18-26)7-5-17-39(30)20-22-11-13-23(14-12-22)28-9-2-3-10-29(28)31(37)40/h2-4,6,8-16,18-19,21H,5,7,17,20H2,1H3,(H2,37,40)(H,38,41)/t21-/m0/s1. The Balaban J connectivity index is 1.27. The molecule has 216 valence electrons. The normalized spacial score (nSPS) is 13.7. The van der Waals surface area contributed by atoms with E-state index in [9.17, 15) is 22.8 Å². The number of aryl methyl sites for hydroxylation is 1. The fourth-order valence-corrected chi connectivity index (χ4v) is 5.28. The third-order valence-corrected chi connectivity index (χ3v) is 7.33. The second-order valence-corrected chi connectivity index (χ2v) is 10.3. The quantitative estimate of drug-likeness (QED) is 0.243. The monoisotopic (exact) mass is 573 g/mol. The number of rotatable bonds is 8. The van der Waals surface area contributed by atoms with Gasteiger partial charge in [0.05, 0.1) is 6.04 Å². The van der Waals surface area contributed by atoms with Crippen LogP contribution in [0.4, 0.5) is 18.9 Å². The average molecular weight is 574 g/mol. The first-order chi connectivity index (χ1) is 20.1. The fraction of sp³-hybridized carbons (Fsp3) is 0.212. The van der Waals surface area contributed by atoms with E-state index in [1.807, 2.05) is 48.5 Å². The van der Waals surface area contributed by atoms with Crippen LogP contribution < -0.4 is 20.7 Å². The summed E-state index contributed by atoms with van der Waals surface area (Å²) in [5, 5.41) is 2.87. The number of nitrogens with one attached hydrogen (secondary N) is 1. The van der Waals surface area contributed by atoms with E-state index in [2.05, 4.69) is 15.0 Å². The smallest absolute Gasteiger partial charge is 0.406 e. The number of benzene rings is 4. The molecule has 9 heteroatoms. The molecule has 2 amide bonds. The van der Waals surface area contributed by atoms with E-state index in [0.29, 0.717) is 23.2 Å². The van der Waals surface area contributed by atoms with Crippen LogP contribution in [-0.4, -0.2) is 24.7 Å². The molecule has 0 unspecified atom stereocenters. The summed E-state index contributed by atoms with van der Waals surface area (Å²) in [6.07, 6.45) is -3.02. The van der Waals surface area contributed by atoms with Gasteiger partial charge in [-0.05, 0) is 84.0 Å². The fourth-order valence-electron chi connectivity index (χ4n) is 5.28. The van der Waals surface area contributed by atoms with Crippen molar-refractivity contribution in [3.63, 3.8) is 0 Å². The van der Waals surface area contributed by atoms with Crippen molar-refractivity contribution in [2.75, 3.05) is 11.4 Å². The summed E-state index contributed by atoms with van der Waals surface area (Å²) in [5.74, 6) is -1.11. The molecule has 1 aliphatic heterocycles. The maximum Gasteiger partial charge on any atom is 0.573 e. The van der Waals surface area contributed by atoms with Crippen LogP contribution in [0.2, 0.25) is 0 Å². The molecular weight excluding hydrogens is 543 g/mol. The maximum absolute atomic E-state index is 13.1. The lowest BCUT2D eigenvalue weighted by Crippen LogP contribution is -2.30. The summed E-state index contributed by atoms with van der Waals surface area (Å²) in [5.41, 5.74) is 12.0. The van der Waals surface area contributed by atoms with Gasteiger partial charge in [-0.2, -0.15) is 0 Å². The lowest BCUT2D eigenvalue weighted by Gasteiger charge is -2.32. The molecule has 42 heavy (non-hydrogen) atoms. The molecule has 0 aliphatic carbocycles. The van der Waals surface area contributed by atoms with Crippen LogP contribution in [0.3, 0.4) is 0 Å². The molecule has 3 N–H and O–H groups in total. The predicted octanol–water partition coefficient (Wildman–Crippen LogP) is 6.79. The van der Waals surface area contributed by atoms with Gasteiger partial charge in [0.25, 0.3) is 5.91 Å². The first kappa shape index (κ1) is 28.7. The Morgan fingerprint density at radius 1 is 0.976 bits per heavy atom. The molecule has 0 radical (unpaired) electrons. The zero-order chi connectivity index (χ0) is 29.9. The third-order valence-electron chi connectivity index (χ3n) is 7.33. The molecule has 0 saturated carbocycles. The summed E-state index contributed by atoms with van der Waals surface area (Å²) >= 11 is 0. The molecule has 6 nitrogen and oxygen atoms in total. The Bertz CT molecular complexity index is 1600. The zero-order valence-corrected chi connectivity index (χ0v) is 22.9. The lowest BCUT2D eigenvalue weighted by atomic mass is 9.96. The van der Waals surface area contributed by atoms with Crippen molar-refractivity contribution in [1.82, 2.24) is 5.32 Å². The van der Waals surface area contributed by atoms with Gasteiger partial charge in [0.15, 0.2) is 0 Å². The van der Waals surface area contributed by atoms with Crippen LogP contribution in [0.1, 0.15) is 56.8 Å². The van der Waals surface area contributed by atoms with Crippen molar-refractivity contribution < 1.29 is 27.5 Å². The van der Waals surface area contributed by atoms with Gasteiger partial charge >= 0.3 is 6.36 Å². The number of hydrogen-bond donors (Lipinski definition) is 2. The van der Waals surface area contributed by atoms with E-state index >= 15 is 0 Å². The molecule has 5 rings (SSSR count). The number of halogens is 3. The van der Waals surface area contributed by atoms with Crippen LogP contribution in [0.15, 0.2) is 91.0 Å². The number of carbonyl (C=O) groups is 2. The maximum atomic E-state index is 13.1. The first-order valence-electron chi connectivity index (χ1n) is 13.6. The molecule has 1 atom stereocenters. The summed E-state index contributed by atoms with van der Waals surface area (Å²) < 4.78 is 41.8. The molecule has 1 aliphatic rings. The number of ether oxygens (including phenoxy) is 1. The Kier molecular flexibility index (Phi) is 8.20. The summed E-state index contributed by atoms with van der Waals surface area (Å²) in [7, 11) is 0. The highest BCUT2D eigenvalue weighted by atomic mass is 19.4. The minimum atomic E-state index is -4.79. The number of nitrogens with two attached hydrogens (primary N) is 1. The SMILES string of the molecule is C[C@H](NC(=O)c1ccc2c(c1)CCCN2Cc1ccc(-c2ccccc2C(N)=O)cc1)c1cccc(OC(F)(F)F)c1. The van der Waals surface area contributed by atoms with E-state index in [0.717, 1.165) is 47.3 Å². The van der Waals surface area contributed by atoms with E-state index in [4.69, 9.17) is 5.73 Å². The largest absolute Gasteiger partial charge is 0.573 e. The van der Waals surface area contributed by atoms with E-state index < -0.39 is 18.3 Å². The molecule has 0 fully saturated rings. The van der Waals surface area contributed by atoms with Crippen molar-refractivity contribution in [3.8, 4) is 16.9 Å². The van der Waals surface area contributed by atoms with Gasteiger partial charge in [0.1, 0.15) is 5.75 Å². The molecule has 0 bridgehead atoms. The number of fused-ring (bicyclic) bond motifs is 1. The van der Waals surface area contributed by atoms with Gasteiger partial charge < -0.3 is 20.7 Å². The number of primary amides is 1. The average Bonchev–Trinajstić information content (AvgIpc) is 2.96. The van der Waals surface area contributed by atoms with Crippen molar-refractivity contribution in [3.05, 3.63) is 119 Å². The second-order valence-electron chi connectivity index (χ2n) is 10.3. The first-order valence-corrected chi connectivity index (χ1v) is 13.6. The van der Waals surface area contributed by atoms with Crippen molar-refractivity contribution in [2.24, 2.45) is 5.73 Å². The lowest BCUT2D eigenvalue weighted by molar-refractivity contribution is -0.274. The van der Waals surface area contributed by atoms with Crippen LogP contribution in [0, 0.1) is 0 Å². The highest BCUT2D eigenvalue weighted by molar-refractivity contribution is 5.99. The summed E-state index contributed by atoms with van der Waals surface area (Å²) in [4.78, 5) is 27.2. The minimum Gasteiger partial charge on any atom is -0.406 e. The Hall–Kier alpha value is -4.79. The highest BCUT2D eigenvalue weighted by Crippen LogP contribution is 2.31. The van der Waals surface area contributed by atoms with E-state index in [1.165, 1.54) is 18.2 Å². The Morgan fingerprint density at radius 2 is 1.74 bits per heavy atom. The summed E-state index contributed by atoms with van der Waals surface area (Å²) in [6.45, 7) is 3.27. The van der Waals surface area contributed by atoms with Gasteiger partial charge in [-0.3, -0.25) is 9.59 Å². The van der Waals surface area contributed by atoms with Gasteiger partial charge in [-0.25, -0.2) is 0 Å². The number of hydrogen-bond acceptors (Lipinski definition) is 4. The Morgan fingerprint density at radius 3 is 2.48 bits per heavy atom. The summed E-state index contributed by atoms with van der Waals surface area (Å²) in [6, 6.07) is 26.0. The number of anilines is 1. The number of amides is 2. The molecule has 0 aromatic heterocycles. The van der Waals surface area contributed by atoms with Gasteiger partial charge in [-0.1, -0.05) is 54.6 Å². The van der Waals surface area contributed by atoms with Crippen LogP contribution in [-0.2, 0) is 13.0 Å². The molecular formula is C33H30F3N3O3. The van der Waals surface area contributed by atoms with Gasteiger partial charge in [0.2, 0.25) is 5.91 Å². The van der Waals surface area contributed by atoms with Crippen molar-refractivity contribution in [1.29, 1.82) is 0 Å². The minimum absolute atomic E-state index is 0.309. The topological polar surface area (TPSA) is 84.7 Å². The van der Waals surface area contributed by atoms with Crippen LogP contribution in [0.5, 0.6) is 5.75 Å². The van der Waals surface area contributed by atoms with Gasteiger partial charge in [-0.15, -0.1) is 13.2 Å². The molecule has 1 heterocycles. The zero-order valence-electron chi connectivity index (χ0n) is 22.9. The van der Waals surface area contributed by atoms with E-state index in [1.54, 1.807) is 31.2 Å². The van der Waals surface area contributed by atoms with E-state index in [-0.39, 0.29) is 11.7 Å². The van der Waals surface area contributed by atoms with Crippen LogP contribution >= 0.6 is 0 Å². The van der Waals surface area contributed by atoms with Crippen molar-refractivity contribution >= 4 is 17.5 Å². The number of carbonyl (C=O) groups excluding carboxylic acids is 2. The molecule has 0 saturated heterocycles. The van der Waals surface area contributed by atoms with Crippen LogP contribution in [0.25, 0.3) is 11.1 Å². The number of nitrogens with zero attached hydrogens (tertiary/aromatic N) is 1. The molecule has 0 spiro atoms. The highest BCUT2D eigenvalue weighted by Gasteiger charge is 2.31. The number of alkyl halides is 3. The third kappa shape index (κ3) is 6.74. The molecule has 4 aromatic rings.